The molecule has 0 spiro atoms. The highest BCUT2D eigenvalue weighted by atomic mass is 19.1. The molecule has 0 unspecified atom stereocenters. The Kier molecular flexibility index (Phi) is 6.73. The van der Waals surface area contributed by atoms with Gasteiger partial charge in [0.2, 0.25) is 5.95 Å². The van der Waals surface area contributed by atoms with Crippen LogP contribution in [0.1, 0.15) is 21.7 Å². The Labute approximate surface area is 210 Å². The fraction of sp³-hybridized carbons (Fsp3) is 0.240. The number of rotatable bonds is 6. The third kappa shape index (κ3) is 5.23. The van der Waals surface area contributed by atoms with Crippen molar-refractivity contribution < 1.29 is 13.6 Å². The molecule has 0 aliphatic carbocycles. The van der Waals surface area contributed by atoms with Crippen LogP contribution in [0.4, 0.5) is 20.3 Å². The first-order chi connectivity index (χ1) is 17.9. The van der Waals surface area contributed by atoms with Crippen LogP contribution in [0.2, 0.25) is 0 Å². The molecule has 37 heavy (non-hydrogen) atoms. The third-order valence-electron chi connectivity index (χ3n) is 6.19. The number of fused-ring (bicyclic) bond motifs is 1. The first-order valence-corrected chi connectivity index (χ1v) is 11.7. The van der Waals surface area contributed by atoms with Crippen molar-refractivity contribution in [2.75, 3.05) is 36.5 Å². The van der Waals surface area contributed by atoms with Crippen LogP contribution in [0.15, 0.2) is 53.5 Å². The highest BCUT2D eigenvalue weighted by Crippen LogP contribution is 2.22. The highest BCUT2D eigenvalue weighted by Gasteiger charge is 2.23. The summed E-state index contributed by atoms with van der Waals surface area (Å²) in [6.45, 7) is 4.04. The number of piperazine rings is 1. The molecule has 10 nitrogen and oxygen atoms in total. The molecular formula is C25H24F2N8O2. The zero-order chi connectivity index (χ0) is 25.9. The standard InChI is InChI=1S/C25H24F2N8O2/c1-15-24(36)31-22-17(29-15)6-5-16(21(22)26)14-34-10-12-35(13-11-34)19-8-7-18(30-23(19)27)25(37)33-32-20-4-2-3-9-28-20/h2-9H,10-14H2,1H3,(H,28,32)(H,31,36)(H,33,37). The van der Waals surface area contributed by atoms with Crippen molar-refractivity contribution in [1.82, 2.24) is 30.3 Å². The number of carbonyl (C=O) groups is 1. The lowest BCUT2D eigenvalue weighted by Gasteiger charge is -2.36. The number of anilines is 2. The molecule has 1 saturated heterocycles. The normalized spacial score (nSPS) is 14.1. The van der Waals surface area contributed by atoms with Gasteiger partial charge in [-0.25, -0.2) is 19.3 Å². The Morgan fingerprint density at radius 1 is 1.05 bits per heavy atom. The molecule has 4 aromatic rings. The van der Waals surface area contributed by atoms with E-state index in [0.717, 1.165) is 0 Å². The van der Waals surface area contributed by atoms with Crippen LogP contribution in [0.3, 0.4) is 0 Å². The van der Waals surface area contributed by atoms with Crippen LogP contribution < -0.4 is 21.3 Å². The second-order valence-corrected chi connectivity index (χ2v) is 8.65. The summed E-state index contributed by atoms with van der Waals surface area (Å²) in [4.78, 5) is 42.6. The Hall–Kier alpha value is -4.45. The number of hydrogen-bond donors (Lipinski definition) is 3. The second-order valence-electron chi connectivity index (χ2n) is 8.65. The summed E-state index contributed by atoms with van der Waals surface area (Å²) < 4.78 is 29.8. The van der Waals surface area contributed by atoms with Crippen LogP contribution in [0.5, 0.6) is 0 Å². The molecule has 0 saturated carbocycles. The molecule has 1 aliphatic heterocycles. The Bertz CT molecular complexity index is 1500. The van der Waals surface area contributed by atoms with Gasteiger partial charge in [-0.15, -0.1) is 0 Å². The SMILES string of the molecule is Cc1nc2ccc(CN3CCN(c4ccc(C(=O)NNc5ccccn5)nc4F)CC3)c(F)c2[nH]c1=O. The molecular weight excluding hydrogens is 482 g/mol. The van der Waals surface area contributed by atoms with Crippen molar-refractivity contribution in [3.05, 3.63) is 87.7 Å². The van der Waals surface area contributed by atoms with Gasteiger partial charge in [0.25, 0.3) is 11.5 Å². The third-order valence-corrected chi connectivity index (χ3v) is 6.19. The molecule has 5 rings (SSSR count). The number of halogens is 2. The number of H-pyrrole nitrogens is 1. The number of aromatic nitrogens is 4. The Morgan fingerprint density at radius 3 is 2.59 bits per heavy atom. The van der Waals surface area contributed by atoms with E-state index in [1.54, 1.807) is 43.5 Å². The smallest absolute Gasteiger partial charge is 0.288 e. The molecule has 3 aromatic heterocycles. The second kappa shape index (κ2) is 10.3. The predicted octanol–water partition coefficient (Wildman–Crippen LogP) is 2.38. The van der Waals surface area contributed by atoms with Crippen molar-refractivity contribution in [2.24, 2.45) is 0 Å². The average molecular weight is 507 g/mol. The molecule has 0 bridgehead atoms. The summed E-state index contributed by atoms with van der Waals surface area (Å²) in [5.74, 6) is -1.39. The van der Waals surface area contributed by atoms with Gasteiger partial charge >= 0.3 is 0 Å². The van der Waals surface area contributed by atoms with Crippen LogP contribution in [-0.2, 0) is 6.54 Å². The molecule has 0 radical (unpaired) electrons. The monoisotopic (exact) mass is 506 g/mol. The first kappa shape index (κ1) is 24.3. The molecule has 12 heteroatoms. The van der Waals surface area contributed by atoms with Gasteiger partial charge in [-0.3, -0.25) is 25.3 Å². The van der Waals surface area contributed by atoms with E-state index in [2.05, 4.69) is 35.7 Å². The van der Waals surface area contributed by atoms with E-state index in [-0.39, 0.29) is 16.9 Å². The summed E-state index contributed by atoms with van der Waals surface area (Å²) in [7, 11) is 0. The maximum atomic E-state index is 15.0. The molecule has 0 atom stereocenters. The van der Waals surface area contributed by atoms with Crippen molar-refractivity contribution in [3.63, 3.8) is 0 Å². The molecule has 4 heterocycles. The Balaban J connectivity index is 1.20. The summed E-state index contributed by atoms with van der Waals surface area (Å²) in [6.07, 6.45) is 1.57. The van der Waals surface area contributed by atoms with Gasteiger partial charge in [0, 0.05) is 44.5 Å². The van der Waals surface area contributed by atoms with Crippen molar-refractivity contribution in [1.29, 1.82) is 0 Å². The van der Waals surface area contributed by atoms with Gasteiger partial charge in [-0.05, 0) is 37.3 Å². The summed E-state index contributed by atoms with van der Waals surface area (Å²) in [5, 5.41) is 0. The van der Waals surface area contributed by atoms with Gasteiger partial charge in [0.1, 0.15) is 22.7 Å². The number of aryl methyl sites for hydroxylation is 1. The van der Waals surface area contributed by atoms with Gasteiger partial charge in [0.15, 0.2) is 5.82 Å². The lowest BCUT2D eigenvalue weighted by Crippen LogP contribution is -2.46. The summed E-state index contributed by atoms with van der Waals surface area (Å²) >= 11 is 0. The van der Waals surface area contributed by atoms with E-state index in [1.807, 2.05) is 4.90 Å². The molecule has 3 N–H and O–H groups in total. The topological polar surface area (TPSA) is 119 Å². The number of nitrogens with one attached hydrogen (secondary N) is 3. The summed E-state index contributed by atoms with van der Waals surface area (Å²) in [5.41, 5.74) is 6.12. The van der Waals surface area contributed by atoms with Crippen LogP contribution in [-0.4, -0.2) is 56.9 Å². The van der Waals surface area contributed by atoms with Crippen molar-refractivity contribution in [2.45, 2.75) is 13.5 Å². The molecule has 1 fully saturated rings. The Morgan fingerprint density at radius 2 is 1.86 bits per heavy atom. The van der Waals surface area contributed by atoms with E-state index < -0.39 is 23.2 Å². The minimum Gasteiger partial charge on any atom is -0.365 e. The minimum atomic E-state index is -0.744. The lowest BCUT2D eigenvalue weighted by atomic mass is 10.1. The van der Waals surface area contributed by atoms with E-state index in [4.69, 9.17) is 0 Å². The lowest BCUT2D eigenvalue weighted by molar-refractivity contribution is 0.0956. The van der Waals surface area contributed by atoms with E-state index in [0.29, 0.717) is 55.3 Å². The fourth-order valence-electron chi connectivity index (χ4n) is 4.18. The number of benzene rings is 1. The average Bonchev–Trinajstić information content (AvgIpc) is 2.91. The predicted molar refractivity (Wildman–Crippen MR) is 134 cm³/mol. The largest absolute Gasteiger partial charge is 0.365 e. The maximum absolute atomic E-state index is 15.0. The van der Waals surface area contributed by atoms with Crippen LogP contribution >= 0.6 is 0 Å². The van der Waals surface area contributed by atoms with E-state index >= 15 is 4.39 Å². The molecule has 190 valence electrons. The van der Waals surface area contributed by atoms with Crippen LogP contribution in [0, 0.1) is 18.7 Å². The zero-order valence-corrected chi connectivity index (χ0v) is 20.0. The van der Waals surface area contributed by atoms with Crippen LogP contribution in [0.25, 0.3) is 11.0 Å². The number of hydrazine groups is 1. The first-order valence-electron chi connectivity index (χ1n) is 11.7. The zero-order valence-electron chi connectivity index (χ0n) is 20.0. The van der Waals surface area contributed by atoms with E-state index in [1.165, 1.54) is 12.1 Å². The molecule has 1 amide bonds. The molecule has 1 aromatic carbocycles. The number of amides is 1. The number of nitrogens with zero attached hydrogens (tertiary/aromatic N) is 5. The maximum Gasteiger partial charge on any atom is 0.288 e. The van der Waals surface area contributed by atoms with Gasteiger partial charge in [-0.2, -0.15) is 4.39 Å². The minimum absolute atomic E-state index is 0.0715. The number of carbonyl (C=O) groups excluding carboxylic acids is 1. The number of hydrogen-bond acceptors (Lipinski definition) is 8. The number of pyridine rings is 2. The number of aromatic amines is 1. The highest BCUT2D eigenvalue weighted by molar-refractivity contribution is 5.93. The van der Waals surface area contributed by atoms with Gasteiger partial charge in [0.05, 0.1) is 11.2 Å². The quantitative estimate of drug-likeness (QED) is 0.270. The van der Waals surface area contributed by atoms with Crippen molar-refractivity contribution >= 4 is 28.4 Å². The van der Waals surface area contributed by atoms with Gasteiger partial charge in [-0.1, -0.05) is 12.1 Å². The summed E-state index contributed by atoms with van der Waals surface area (Å²) in [6, 6.07) is 11.5. The molecule has 1 aliphatic rings. The van der Waals surface area contributed by atoms with Gasteiger partial charge < -0.3 is 9.88 Å². The van der Waals surface area contributed by atoms with E-state index in [9.17, 15) is 14.0 Å². The van der Waals surface area contributed by atoms with Crippen molar-refractivity contribution in [3.8, 4) is 0 Å². The fourth-order valence-corrected chi connectivity index (χ4v) is 4.18.